The Morgan fingerprint density at radius 1 is 1.47 bits per heavy atom. The fraction of sp³-hybridized carbons (Fsp3) is 0.500. The molecule has 0 aromatic heterocycles. The molecule has 106 valence electrons. The van der Waals surface area contributed by atoms with Crippen LogP contribution in [0.1, 0.15) is 33.3 Å². The van der Waals surface area contributed by atoms with Crippen molar-refractivity contribution in [3.05, 3.63) is 34.1 Å². The van der Waals surface area contributed by atoms with Gasteiger partial charge in [0, 0.05) is 15.8 Å². The summed E-state index contributed by atoms with van der Waals surface area (Å²) in [5.41, 5.74) is 0.768. The zero-order valence-electron chi connectivity index (χ0n) is 11.6. The van der Waals surface area contributed by atoms with Gasteiger partial charge in [-0.05, 0) is 45.4 Å². The third-order valence-corrected chi connectivity index (χ3v) is 4.30. The third kappa shape index (κ3) is 5.95. The fourth-order valence-electron chi connectivity index (χ4n) is 1.40. The molecule has 0 saturated carbocycles. The molecule has 0 aliphatic carbocycles. The van der Waals surface area contributed by atoms with E-state index >= 15 is 0 Å². The van der Waals surface area contributed by atoms with Crippen LogP contribution in [0.4, 0.5) is 4.39 Å². The van der Waals surface area contributed by atoms with Gasteiger partial charge in [0.25, 0.3) is 0 Å². The summed E-state index contributed by atoms with van der Waals surface area (Å²) >= 11 is 4.86. The molecule has 1 aromatic carbocycles. The molecule has 0 radical (unpaired) electrons. The molecule has 1 N–H and O–H groups in total. The molecule has 0 saturated heterocycles. The highest BCUT2D eigenvalue weighted by Crippen LogP contribution is 2.25. The lowest BCUT2D eigenvalue weighted by Crippen LogP contribution is -2.44. The van der Waals surface area contributed by atoms with Crippen molar-refractivity contribution >= 4 is 33.6 Å². The maximum Gasteiger partial charge on any atom is 0.233 e. The van der Waals surface area contributed by atoms with E-state index in [9.17, 15) is 9.18 Å². The van der Waals surface area contributed by atoms with Gasteiger partial charge in [-0.2, -0.15) is 0 Å². The van der Waals surface area contributed by atoms with Crippen molar-refractivity contribution in [2.24, 2.45) is 0 Å². The largest absolute Gasteiger partial charge is 0.351 e. The van der Waals surface area contributed by atoms with E-state index in [4.69, 9.17) is 0 Å². The first kappa shape index (κ1) is 16.5. The van der Waals surface area contributed by atoms with E-state index in [1.54, 1.807) is 6.07 Å². The zero-order chi connectivity index (χ0) is 14.6. The van der Waals surface area contributed by atoms with Crippen LogP contribution in [0.25, 0.3) is 0 Å². The summed E-state index contributed by atoms with van der Waals surface area (Å²) in [6.45, 7) is 7.75. The summed E-state index contributed by atoms with van der Waals surface area (Å²) in [7, 11) is 0. The highest BCUT2D eigenvalue weighted by Gasteiger charge is 2.19. The van der Waals surface area contributed by atoms with E-state index in [0.29, 0.717) is 5.75 Å². The molecule has 1 rings (SSSR count). The summed E-state index contributed by atoms with van der Waals surface area (Å²) < 4.78 is 13.7. The summed E-state index contributed by atoms with van der Waals surface area (Å²) in [5, 5.41) is 2.80. The highest BCUT2D eigenvalue weighted by atomic mass is 79.9. The van der Waals surface area contributed by atoms with Crippen LogP contribution in [0.15, 0.2) is 22.7 Å². The molecule has 0 aliphatic rings. The third-order valence-electron chi connectivity index (χ3n) is 2.37. The average Bonchev–Trinajstić information content (AvgIpc) is 2.25. The normalized spacial score (nSPS) is 13.2. The molecule has 0 unspecified atom stereocenters. The Morgan fingerprint density at radius 2 is 2.11 bits per heavy atom. The Kier molecular flexibility index (Phi) is 5.86. The van der Waals surface area contributed by atoms with Crippen LogP contribution in [0.3, 0.4) is 0 Å². The minimum absolute atomic E-state index is 0.0238. The average molecular weight is 348 g/mol. The van der Waals surface area contributed by atoms with Crippen LogP contribution in [0.5, 0.6) is 0 Å². The van der Waals surface area contributed by atoms with Gasteiger partial charge in [-0.15, -0.1) is 11.8 Å². The van der Waals surface area contributed by atoms with Gasteiger partial charge in [0.15, 0.2) is 0 Å². The van der Waals surface area contributed by atoms with Gasteiger partial charge in [-0.3, -0.25) is 4.79 Å². The van der Waals surface area contributed by atoms with Gasteiger partial charge >= 0.3 is 0 Å². The molecule has 0 heterocycles. The summed E-state index contributed by atoms with van der Waals surface area (Å²) in [4.78, 5) is 11.9. The molecule has 0 fully saturated rings. The van der Waals surface area contributed by atoms with Gasteiger partial charge in [0.1, 0.15) is 5.82 Å². The van der Waals surface area contributed by atoms with Gasteiger partial charge < -0.3 is 5.32 Å². The van der Waals surface area contributed by atoms with Gasteiger partial charge in [0.2, 0.25) is 5.91 Å². The van der Waals surface area contributed by atoms with Crippen LogP contribution in [0, 0.1) is 5.82 Å². The minimum Gasteiger partial charge on any atom is -0.351 e. The summed E-state index contributed by atoms with van der Waals surface area (Å²) in [6, 6.07) is 4.61. The van der Waals surface area contributed by atoms with E-state index in [1.165, 1.54) is 23.9 Å². The van der Waals surface area contributed by atoms with Crippen LogP contribution < -0.4 is 5.32 Å². The van der Waals surface area contributed by atoms with Crippen molar-refractivity contribution in [1.29, 1.82) is 0 Å². The predicted octanol–water partition coefficient (Wildman–Crippen LogP) is 4.12. The Hall–Kier alpha value is -0.550. The lowest BCUT2D eigenvalue weighted by Gasteiger charge is -2.23. The summed E-state index contributed by atoms with van der Waals surface area (Å²) in [6.07, 6.45) is 0. The first-order valence-corrected chi connectivity index (χ1v) is 7.91. The van der Waals surface area contributed by atoms with Crippen molar-refractivity contribution in [3.63, 3.8) is 0 Å². The highest BCUT2D eigenvalue weighted by molar-refractivity contribution is 9.10. The van der Waals surface area contributed by atoms with Gasteiger partial charge in [-0.1, -0.05) is 22.0 Å². The van der Waals surface area contributed by atoms with Crippen LogP contribution in [-0.4, -0.2) is 16.7 Å². The molecular weight excluding hydrogens is 329 g/mol. The number of amides is 1. The fourth-order valence-corrected chi connectivity index (χ4v) is 2.97. The predicted molar refractivity (Wildman–Crippen MR) is 82.8 cm³/mol. The maximum absolute atomic E-state index is 13.0. The number of hydrogen-bond acceptors (Lipinski definition) is 2. The van der Waals surface area contributed by atoms with E-state index < -0.39 is 0 Å². The standard InChI is InChI=1S/C14H19BrFNOS/c1-9(13(18)17-14(2,3)4)19-8-10-5-6-11(16)7-12(10)15/h5-7,9H,8H2,1-4H3,(H,17,18)/t9-/m0/s1. The quantitative estimate of drug-likeness (QED) is 0.887. The molecule has 0 aliphatic heterocycles. The van der Waals surface area contributed by atoms with Crippen molar-refractivity contribution in [1.82, 2.24) is 5.32 Å². The van der Waals surface area contributed by atoms with Crippen LogP contribution in [0.2, 0.25) is 0 Å². The van der Waals surface area contributed by atoms with Crippen molar-refractivity contribution < 1.29 is 9.18 Å². The second-order valence-electron chi connectivity index (χ2n) is 5.43. The van der Waals surface area contributed by atoms with E-state index in [2.05, 4.69) is 21.2 Å². The number of carbonyl (C=O) groups excluding carboxylic acids is 1. The molecular formula is C14H19BrFNOS. The molecule has 1 amide bonds. The molecule has 2 nitrogen and oxygen atoms in total. The Balaban J connectivity index is 2.54. The Labute approximate surface area is 126 Å². The number of halogens is 2. The van der Waals surface area contributed by atoms with Crippen molar-refractivity contribution in [3.8, 4) is 0 Å². The number of rotatable bonds is 4. The smallest absolute Gasteiger partial charge is 0.233 e. The molecule has 0 bridgehead atoms. The van der Waals surface area contributed by atoms with Crippen LogP contribution in [-0.2, 0) is 10.5 Å². The minimum atomic E-state index is -0.265. The molecule has 0 spiro atoms. The first-order chi connectivity index (χ1) is 8.69. The summed E-state index contributed by atoms with van der Waals surface area (Å²) in [5.74, 6) is 0.425. The van der Waals surface area contributed by atoms with Gasteiger partial charge in [0.05, 0.1) is 5.25 Å². The zero-order valence-corrected chi connectivity index (χ0v) is 14.0. The van der Waals surface area contributed by atoms with Crippen LogP contribution >= 0.6 is 27.7 Å². The molecule has 1 aromatic rings. The van der Waals surface area contributed by atoms with Crippen molar-refractivity contribution in [2.75, 3.05) is 0 Å². The second kappa shape index (κ2) is 6.75. The first-order valence-electron chi connectivity index (χ1n) is 6.06. The van der Waals surface area contributed by atoms with E-state index in [1.807, 2.05) is 27.7 Å². The number of benzene rings is 1. The number of thioether (sulfide) groups is 1. The lowest BCUT2D eigenvalue weighted by molar-refractivity contribution is -0.121. The SMILES string of the molecule is C[C@H](SCc1ccc(F)cc1Br)C(=O)NC(C)(C)C. The Bertz CT molecular complexity index is 459. The van der Waals surface area contributed by atoms with E-state index in [0.717, 1.165) is 10.0 Å². The van der Waals surface area contributed by atoms with Gasteiger partial charge in [-0.25, -0.2) is 4.39 Å². The number of nitrogens with one attached hydrogen (secondary N) is 1. The second-order valence-corrected chi connectivity index (χ2v) is 7.61. The monoisotopic (exact) mass is 347 g/mol. The number of carbonyl (C=O) groups is 1. The molecule has 5 heteroatoms. The van der Waals surface area contributed by atoms with Crippen molar-refractivity contribution in [2.45, 2.75) is 44.2 Å². The van der Waals surface area contributed by atoms with E-state index in [-0.39, 0.29) is 22.5 Å². The topological polar surface area (TPSA) is 29.1 Å². The lowest BCUT2D eigenvalue weighted by atomic mass is 10.1. The molecule has 1 atom stereocenters. The number of hydrogen-bond donors (Lipinski definition) is 1. The maximum atomic E-state index is 13.0. The molecule has 19 heavy (non-hydrogen) atoms. The Morgan fingerprint density at radius 3 is 2.63 bits per heavy atom.